The van der Waals surface area contributed by atoms with Crippen molar-refractivity contribution in [2.75, 3.05) is 0 Å². The smallest absolute Gasteiger partial charge is 0.145 e. The lowest BCUT2D eigenvalue weighted by Crippen LogP contribution is -2.10. The van der Waals surface area contributed by atoms with Crippen molar-refractivity contribution in [1.82, 2.24) is 4.98 Å². The number of pyridine rings is 1. The average Bonchev–Trinajstić information content (AvgIpc) is 2.38. The second-order valence-corrected chi connectivity index (χ2v) is 5.97. The van der Waals surface area contributed by atoms with Crippen molar-refractivity contribution < 1.29 is 9.84 Å². The Kier molecular flexibility index (Phi) is 4.09. The molecule has 1 atom stereocenters. The van der Waals surface area contributed by atoms with Gasteiger partial charge in [0.15, 0.2) is 0 Å². The quantitative estimate of drug-likeness (QED) is 0.908. The van der Waals surface area contributed by atoms with Crippen molar-refractivity contribution in [1.29, 1.82) is 0 Å². The minimum atomic E-state index is -0.562. The van der Waals surface area contributed by atoms with E-state index in [1.165, 1.54) is 5.56 Å². The zero-order valence-electron chi connectivity index (χ0n) is 12.4. The van der Waals surface area contributed by atoms with Crippen LogP contribution in [0.5, 0.6) is 11.5 Å². The van der Waals surface area contributed by atoms with Crippen LogP contribution in [0.2, 0.25) is 0 Å². The van der Waals surface area contributed by atoms with Gasteiger partial charge in [0.1, 0.15) is 11.5 Å². The number of nitrogens with zero attached hydrogens (tertiary/aromatic N) is 1. The van der Waals surface area contributed by atoms with Gasteiger partial charge in [-0.2, -0.15) is 0 Å². The SMILES string of the molecule is CC(O)c1ccc(Oc2cccc(C(C)(C)C)c2)cn1. The maximum atomic E-state index is 9.43. The molecule has 1 aromatic carbocycles. The van der Waals surface area contributed by atoms with Crippen LogP contribution >= 0.6 is 0 Å². The maximum Gasteiger partial charge on any atom is 0.145 e. The van der Waals surface area contributed by atoms with Crippen LogP contribution in [0.15, 0.2) is 42.6 Å². The highest BCUT2D eigenvalue weighted by atomic mass is 16.5. The molecule has 0 amide bonds. The van der Waals surface area contributed by atoms with Gasteiger partial charge >= 0.3 is 0 Å². The molecule has 0 aliphatic carbocycles. The average molecular weight is 271 g/mol. The number of rotatable bonds is 3. The second-order valence-electron chi connectivity index (χ2n) is 5.97. The van der Waals surface area contributed by atoms with Gasteiger partial charge < -0.3 is 9.84 Å². The molecule has 3 heteroatoms. The summed E-state index contributed by atoms with van der Waals surface area (Å²) in [5.74, 6) is 1.46. The molecular formula is C17H21NO2. The molecule has 0 aliphatic rings. The number of benzene rings is 1. The molecule has 0 spiro atoms. The first-order valence-electron chi connectivity index (χ1n) is 6.79. The fourth-order valence-corrected chi connectivity index (χ4v) is 1.86. The van der Waals surface area contributed by atoms with Crippen molar-refractivity contribution in [3.05, 3.63) is 53.9 Å². The summed E-state index contributed by atoms with van der Waals surface area (Å²) in [7, 11) is 0. The van der Waals surface area contributed by atoms with E-state index >= 15 is 0 Å². The molecule has 0 radical (unpaired) electrons. The monoisotopic (exact) mass is 271 g/mol. The molecule has 0 bridgehead atoms. The summed E-state index contributed by atoms with van der Waals surface area (Å²) in [6, 6.07) is 11.7. The number of aliphatic hydroxyl groups is 1. The lowest BCUT2D eigenvalue weighted by Gasteiger charge is -2.19. The third kappa shape index (κ3) is 3.58. The Labute approximate surface area is 120 Å². The highest BCUT2D eigenvalue weighted by Gasteiger charge is 2.14. The van der Waals surface area contributed by atoms with Gasteiger partial charge in [-0.1, -0.05) is 32.9 Å². The van der Waals surface area contributed by atoms with Crippen LogP contribution in [0, 0.1) is 0 Å². The van der Waals surface area contributed by atoms with Gasteiger partial charge in [0.2, 0.25) is 0 Å². The van der Waals surface area contributed by atoms with Gasteiger partial charge in [-0.25, -0.2) is 0 Å². The first-order chi connectivity index (χ1) is 9.36. The predicted molar refractivity (Wildman–Crippen MR) is 80.1 cm³/mol. The number of aliphatic hydroxyl groups excluding tert-OH is 1. The van der Waals surface area contributed by atoms with Crippen molar-refractivity contribution in [3.8, 4) is 11.5 Å². The first kappa shape index (κ1) is 14.5. The Morgan fingerprint density at radius 3 is 2.40 bits per heavy atom. The summed E-state index contributed by atoms with van der Waals surface area (Å²) in [6.07, 6.45) is 1.07. The lowest BCUT2D eigenvalue weighted by molar-refractivity contribution is 0.194. The molecule has 106 valence electrons. The molecule has 0 saturated heterocycles. The highest BCUT2D eigenvalue weighted by molar-refractivity contribution is 5.36. The first-order valence-corrected chi connectivity index (χ1v) is 6.79. The number of hydrogen-bond donors (Lipinski definition) is 1. The minimum absolute atomic E-state index is 0.0911. The fraction of sp³-hybridized carbons (Fsp3) is 0.353. The van der Waals surface area contributed by atoms with Gasteiger partial charge in [0.05, 0.1) is 18.0 Å². The molecule has 1 unspecified atom stereocenters. The zero-order chi connectivity index (χ0) is 14.8. The molecule has 3 nitrogen and oxygen atoms in total. The topological polar surface area (TPSA) is 42.4 Å². The van der Waals surface area contributed by atoms with Gasteiger partial charge in [-0.05, 0) is 42.2 Å². The number of aromatic nitrogens is 1. The Bertz CT molecular complexity index is 568. The van der Waals surface area contributed by atoms with Crippen molar-refractivity contribution in [2.24, 2.45) is 0 Å². The molecular weight excluding hydrogens is 250 g/mol. The van der Waals surface area contributed by atoms with Crippen LogP contribution in [0.3, 0.4) is 0 Å². The van der Waals surface area contributed by atoms with Crippen LogP contribution in [0.1, 0.15) is 45.1 Å². The number of hydrogen-bond acceptors (Lipinski definition) is 3. The molecule has 1 heterocycles. The Balaban J connectivity index is 2.18. The van der Waals surface area contributed by atoms with Gasteiger partial charge in [0, 0.05) is 0 Å². The summed E-state index contributed by atoms with van der Waals surface area (Å²) >= 11 is 0. The Hall–Kier alpha value is -1.87. The standard InChI is InChI=1S/C17H21NO2/c1-12(19)16-9-8-15(11-18-16)20-14-7-5-6-13(10-14)17(2,3)4/h5-12,19H,1-4H3. The van der Waals surface area contributed by atoms with Crippen LogP contribution in [-0.4, -0.2) is 10.1 Å². The summed E-state index contributed by atoms with van der Waals surface area (Å²) in [6.45, 7) is 8.21. The molecule has 2 aromatic rings. The second kappa shape index (κ2) is 5.63. The van der Waals surface area contributed by atoms with E-state index in [0.29, 0.717) is 11.4 Å². The highest BCUT2D eigenvalue weighted by Crippen LogP contribution is 2.28. The van der Waals surface area contributed by atoms with E-state index in [1.807, 2.05) is 24.3 Å². The summed E-state index contributed by atoms with van der Waals surface area (Å²) in [4.78, 5) is 4.17. The van der Waals surface area contributed by atoms with Crippen LogP contribution < -0.4 is 4.74 Å². The normalized spacial score (nSPS) is 13.1. The van der Waals surface area contributed by atoms with Crippen LogP contribution in [0.4, 0.5) is 0 Å². The van der Waals surface area contributed by atoms with Crippen LogP contribution in [-0.2, 0) is 5.41 Å². The Morgan fingerprint density at radius 2 is 1.85 bits per heavy atom. The molecule has 0 saturated carbocycles. The summed E-state index contributed by atoms with van der Waals surface area (Å²) in [5.41, 5.74) is 1.96. The lowest BCUT2D eigenvalue weighted by atomic mass is 9.87. The molecule has 20 heavy (non-hydrogen) atoms. The maximum absolute atomic E-state index is 9.43. The van der Waals surface area contributed by atoms with Crippen molar-refractivity contribution in [2.45, 2.75) is 39.2 Å². The van der Waals surface area contributed by atoms with E-state index < -0.39 is 6.10 Å². The van der Waals surface area contributed by atoms with Crippen molar-refractivity contribution >= 4 is 0 Å². The molecule has 0 fully saturated rings. The molecule has 0 aliphatic heterocycles. The van der Waals surface area contributed by atoms with E-state index in [1.54, 1.807) is 19.2 Å². The third-order valence-corrected chi connectivity index (χ3v) is 3.12. The van der Waals surface area contributed by atoms with Crippen LogP contribution in [0.25, 0.3) is 0 Å². The van der Waals surface area contributed by atoms with E-state index in [2.05, 4.69) is 31.8 Å². The third-order valence-electron chi connectivity index (χ3n) is 3.12. The van der Waals surface area contributed by atoms with E-state index in [4.69, 9.17) is 4.74 Å². The minimum Gasteiger partial charge on any atom is -0.456 e. The number of ether oxygens (including phenoxy) is 1. The van der Waals surface area contributed by atoms with Crippen molar-refractivity contribution in [3.63, 3.8) is 0 Å². The van der Waals surface area contributed by atoms with Gasteiger partial charge in [-0.15, -0.1) is 0 Å². The molecule has 1 N–H and O–H groups in total. The van der Waals surface area contributed by atoms with E-state index in [9.17, 15) is 5.11 Å². The van der Waals surface area contributed by atoms with Gasteiger partial charge in [-0.3, -0.25) is 4.98 Å². The predicted octanol–water partition coefficient (Wildman–Crippen LogP) is 4.22. The zero-order valence-corrected chi connectivity index (χ0v) is 12.4. The molecule has 2 rings (SSSR count). The van der Waals surface area contributed by atoms with E-state index in [-0.39, 0.29) is 5.41 Å². The molecule has 1 aromatic heterocycles. The van der Waals surface area contributed by atoms with E-state index in [0.717, 1.165) is 5.75 Å². The largest absolute Gasteiger partial charge is 0.456 e. The summed E-state index contributed by atoms with van der Waals surface area (Å²) in [5, 5.41) is 9.43. The van der Waals surface area contributed by atoms with Gasteiger partial charge in [0.25, 0.3) is 0 Å². The fourth-order valence-electron chi connectivity index (χ4n) is 1.86. The Morgan fingerprint density at radius 1 is 1.10 bits per heavy atom. The summed E-state index contributed by atoms with van der Waals surface area (Å²) < 4.78 is 5.80.